The van der Waals surface area contributed by atoms with Gasteiger partial charge in [-0.3, -0.25) is 9.20 Å². The van der Waals surface area contributed by atoms with E-state index in [0.717, 1.165) is 24.2 Å². The van der Waals surface area contributed by atoms with Crippen LogP contribution in [0.2, 0.25) is 0 Å². The molecule has 0 aliphatic heterocycles. The first-order valence-corrected chi connectivity index (χ1v) is 7.43. The number of hydrogen-bond acceptors (Lipinski definition) is 4. The average Bonchev–Trinajstić information content (AvgIpc) is 2.92. The van der Waals surface area contributed by atoms with Crippen LogP contribution in [-0.2, 0) is 11.3 Å². The van der Waals surface area contributed by atoms with E-state index in [4.69, 9.17) is 4.74 Å². The van der Waals surface area contributed by atoms with E-state index in [2.05, 4.69) is 10.3 Å². The number of aromatic nitrogens is 2. The van der Waals surface area contributed by atoms with Crippen molar-refractivity contribution in [2.45, 2.75) is 44.9 Å². The minimum Gasteiger partial charge on any atom is -0.380 e. The molecule has 2 heterocycles. The van der Waals surface area contributed by atoms with Crippen molar-refractivity contribution in [2.24, 2.45) is 0 Å². The second kappa shape index (κ2) is 5.95. The van der Waals surface area contributed by atoms with E-state index in [9.17, 15) is 4.79 Å². The third-order valence-corrected chi connectivity index (χ3v) is 4.23. The topological polar surface area (TPSA) is 55.6 Å². The molecule has 0 radical (unpaired) electrons. The second-order valence-electron chi connectivity index (χ2n) is 5.64. The maximum atomic E-state index is 12.2. The first kappa shape index (κ1) is 14.2. The fourth-order valence-corrected chi connectivity index (χ4v) is 3.13. The van der Waals surface area contributed by atoms with E-state index in [1.807, 2.05) is 25.1 Å². The lowest BCUT2D eigenvalue weighted by Gasteiger charge is -2.19. The standard InChI is InChI=1S/C16H21N3O2/c1-11-5-3-8-15-18-12(9-16(20)19(11)15)10-17-13-6-4-7-14(13)21-2/h3,5,8-9,13-14,17H,4,6-7,10H2,1-2H3/t13-,14-/m1/s1. The quantitative estimate of drug-likeness (QED) is 0.929. The Morgan fingerprint density at radius 1 is 1.43 bits per heavy atom. The lowest BCUT2D eigenvalue weighted by molar-refractivity contribution is 0.0846. The fraction of sp³-hybridized carbons (Fsp3) is 0.500. The minimum atomic E-state index is -0.0235. The average molecular weight is 287 g/mol. The van der Waals surface area contributed by atoms with E-state index in [0.29, 0.717) is 18.2 Å². The number of nitrogens with one attached hydrogen (secondary N) is 1. The zero-order valence-corrected chi connectivity index (χ0v) is 12.5. The molecule has 1 aliphatic carbocycles. The van der Waals surface area contributed by atoms with Crippen molar-refractivity contribution < 1.29 is 4.74 Å². The normalized spacial score (nSPS) is 22.0. The van der Waals surface area contributed by atoms with E-state index in [1.54, 1.807) is 17.6 Å². The van der Waals surface area contributed by atoms with Crippen molar-refractivity contribution in [3.63, 3.8) is 0 Å². The molecule has 1 fully saturated rings. The summed E-state index contributed by atoms with van der Waals surface area (Å²) in [6.45, 7) is 2.51. The fourth-order valence-electron chi connectivity index (χ4n) is 3.13. The Bertz CT molecular complexity index is 695. The van der Waals surface area contributed by atoms with Gasteiger partial charge in [0.2, 0.25) is 0 Å². The van der Waals surface area contributed by atoms with Crippen molar-refractivity contribution in [3.8, 4) is 0 Å². The summed E-state index contributed by atoms with van der Waals surface area (Å²) in [7, 11) is 1.76. The molecule has 0 bridgehead atoms. The first-order chi connectivity index (χ1) is 10.2. The molecule has 3 rings (SSSR count). The van der Waals surface area contributed by atoms with Gasteiger partial charge < -0.3 is 10.1 Å². The van der Waals surface area contributed by atoms with Gasteiger partial charge in [-0.15, -0.1) is 0 Å². The van der Waals surface area contributed by atoms with Crippen LogP contribution in [0.5, 0.6) is 0 Å². The summed E-state index contributed by atoms with van der Waals surface area (Å²) >= 11 is 0. The van der Waals surface area contributed by atoms with Crippen molar-refractivity contribution in [2.75, 3.05) is 7.11 Å². The molecule has 0 aromatic carbocycles. The second-order valence-corrected chi connectivity index (χ2v) is 5.64. The number of fused-ring (bicyclic) bond motifs is 1. The molecule has 1 aliphatic rings. The van der Waals surface area contributed by atoms with E-state index < -0.39 is 0 Å². The maximum absolute atomic E-state index is 12.2. The van der Waals surface area contributed by atoms with Crippen molar-refractivity contribution in [3.05, 3.63) is 46.0 Å². The van der Waals surface area contributed by atoms with E-state index in [-0.39, 0.29) is 11.7 Å². The van der Waals surface area contributed by atoms with Gasteiger partial charge in [0.25, 0.3) is 5.56 Å². The summed E-state index contributed by atoms with van der Waals surface area (Å²) in [6, 6.07) is 7.67. The van der Waals surface area contributed by atoms with Gasteiger partial charge in [-0.1, -0.05) is 6.07 Å². The molecule has 0 unspecified atom stereocenters. The molecule has 2 aromatic rings. The summed E-state index contributed by atoms with van der Waals surface area (Å²) in [5, 5.41) is 3.47. The van der Waals surface area contributed by atoms with E-state index >= 15 is 0 Å². The van der Waals surface area contributed by atoms with Crippen LogP contribution in [-0.4, -0.2) is 28.6 Å². The monoisotopic (exact) mass is 287 g/mol. The Labute approximate surface area is 124 Å². The van der Waals surface area contributed by atoms with Gasteiger partial charge in [-0.25, -0.2) is 4.98 Å². The van der Waals surface area contributed by atoms with E-state index in [1.165, 1.54) is 6.42 Å². The van der Waals surface area contributed by atoms with Crippen molar-refractivity contribution >= 4 is 5.65 Å². The largest absolute Gasteiger partial charge is 0.380 e. The molecule has 112 valence electrons. The van der Waals surface area contributed by atoms with Crippen LogP contribution in [0, 0.1) is 6.92 Å². The first-order valence-electron chi connectivity index (χ1n) is 7.43. The van der Waals surface area contributed by atoms with Gasteiger partial charge in [0, 0.05) is 31.5 Å². The molecular weight excluding hydrogens is 266 g/mol. The zero-order chi connectivity index (χ0) is 14.8. The van der Waals surface area contributed by atoms with Gasteiger partial charge in [-0.2, -0.15) is 0 Å². The molecule has 21 heavy (non-hydrogen) atoms. The van der Waals surface area contributed by atoms with Gasteiger partial charge in [0.05, 0.1) is 11.8 Å². The van der Waals surface area contributed by atoms with Crippen LogP contribution in [0.3, 0.4) is 0 Å². The molecule has 1 N–H and O–H groups in total. The lowest BCUT2D eigenvalue weighted by atomic mass is 10.2. The molecule has 1 saturated carbocycles. The molecule has 2 aromatic heterocycles. The lowest BCUT2D eigenvalue weighted by Crippen LogP contribution is -2.36. The molecular formula is C16H21N3O2. The minimum absolute atomic E-state index is 0.0235. The van der Waals surface area contributed by atoms with Crippen LogP contribution in [0.1, 0.15) is 30.7 Å². The molecule has 0 amide bonds. The van der Waals surface area contributed by atoms with Crippen LogP contribution in [0.25, 0.3) is 5.65 Å². The van der Waals surface area contributed by atoms with Gasteiger partial charge in [-0.05, 0) is 38.3 Å². The summed E-state index contributed by atoms with van der Waals surface area (Å²) in [4.78, 5) is 16.8. The summed E-state index contributed by atoms with van der Waals surface area (Å²) in [6.07, 6.45) is 3.67. The zero-order valence-electron chi connectivity index (χ0n) is 12.5. The third-order valence-electron chi connectivity index (χ3n) is 4.23. The van der Waals surface area contributed by atoms with Gasteiger partial charge >= 0.3 is 0 Å². The van der Waals surface area contributed by atoms with Crippen LogP contribution >= 0.6 is 0 Å². The molecule has 0 saturated heterocycles. The highest BCUT2D eigenvalue weighted by molar-refractivity contribution is 5.40. The SMILES string of the molecule is CO[C@@H]1CCC[C@H]1NCc1cc(=O)n2c(C)cccc2n1. The van der Waals surface area contributed by atoms with Crippen LogP contribution in [0.15, 0.2) is 29.1 Å². The number of ether oxygens (including phenoxy) is 1. The maximum Gasteiger partial charge on any atom is 0.258 e. The highest BCUT2D eigenvalue weighted by Crippen LogP contribution is 2.21. The van der Waals surface area contributed by atoms with Gasteiger partial charge in [0.15, 0.2) is 0 Å². The Balaban J connectivity index is 1.80. The number of methoxy groups -OCH3 is 1. The predicted molar refractivity (Wildman–Crippen MR) is 81.5 cm³/mol. The molecule has 5 heteroatoms. The molecule has 0 spiro atoms. The summed E-state index contributed by atoms with van der Waals surface area (Å²) < 4.78 is 7.11. The Morgan fingerprint density at radius 2 is 2.29 bits per heavy atom. The van der Waals surface area contributed by atoms with Gasteiger partial charge in [0.1, 0.15) is 5.65 Å². The number of hydrogen-bond donors (Lipinski definition) is 1. The van der Waals surface area contributed by atoms with Crippen LogP contribution < -0.4 is 10.9 Å². The highest BCUT2D eigenvalue weighted by Gasteiger charge is 2.26. The smallest absolute Gasteiger partial charge is 0.258 e. The van der Waals surface area contributed by atoms with Crippen molar-refractivity contribution in [1.82, 2.24) is 14.7 Å². The Kier molecular flexibility index (Phi) is 4.03. The number of aryl methyl sites for hydroxylation is 1. The Hall–Kier alpha value is -1.72. The highest BCUT2D eigenvalue weighted by atomic mass is 16.5. The number of nitrogens with zero attached hydrogens (tertiary/aromatic N) is 2. The predicted octanol–water partition coefficient (Wildman–Crippen LogP) is 1.66. The molecule has 2 atom stereocenters. The van der Waals surface area contributed by atoms with Crippen molar-refractivity contribution in [1.29, 1.82) is 0 Å². The molecule has 5 nitrogen and oxygen atoms in total. The Morgan fingerprint density at radius 3 is 3.10 bits per heavy atom. The van der Waals surface area contributed by atoms with Crippen LogP contribution in [0.4, 0.5) is 0 Å². The third kappa shape index (κ3) is 2.84. The summed E-state index contributed by atoms with van der Waals surface area (Å²) in [5.74, 6) is 0. The summed E-state index contributed by atoms with van der Waals surface area (Å²) in [5.41, 5.74) is 2.37. The number of pyridine rings is 1. The number of rotatable bonds is 4.